The van der Waals surface area contributed by atoms with Crippen LogP contribution in [0.2, 0.25) is 0 Å². The lowest BCUT2D eigenvalue weighted by Gasteiger charge is -2.15. The molecule has 0 unspecified atom stereocenters. The van der Waals surface area contributed by atoms with E-state index < -0.39 is 24.2 Å². The highest BCUT2D eigenvalue weighted by molar-refractivity contribution is 5.97. The lowest BCUT2D eigenvalue weighted by Crippen LogP contribution is -2.29. The van der Waals surface area contributed by atoms with Gasteiger partial charge >= 0.3 is 5.97 Å². The van der Waals surface area contributed by atoms with Crippen molar-refractivity contribution < 1.29 is 19.1 Å². The normalized spacial score (nSPS) is 14.6. The lowest BCUT2D eigenvalue weighted by atomic mass is 9.94. The molecule has 0 aliphatic heterocycles. The van der Waals surface area contributed by atoms with Crippen LogP contribution in [0.5, 0.6) is 0 Å². The molecule has 0 heterocycles. The molecule has 0 bridgehead atoms. The van der Waals surface area contributed by atoms with Gasteiger partial charge in [-0.3, -0.25) is 9.59 Å². The monoisotopic (exact) mass is 410 g/mol. The van der Waals surface area contributed by atoms with Gasteiger partial charge in [0.1, 0.15) is 6.54 Å². The molecule has 3 N–H and O–H groups in total. The Bertz CT molecular complexity index is 961. The number of hydrogen-bond acceptors (Lipinski definition) is 3. The van der Waals surface area contributed by atoms with Crippen LogP contribution in [-0.4, -0.2) is 29.6 Å². The van der Waals surface area contributed by atoms with E-state index in [0.717, 1.165) is 34.0 Å². The molecule has 5 nitrogen and oxygen atoms in total. The molecule has 2 aromatic carbocycles. The third kappa shape index (κ3) is 5.47. The second-order valence-electron chi connectivity index (χ2n) is 7.80. The Morgan fingerprint density at radius 1 is 1.10 bits per heavy atom. The number of carboxylic acid groups (broad SMARTS) is 1. The second-order valence-corrected chi connectivity index (χ2v) is 7.80. The van der Waals surface area contributed by atoms with Crippen LogP contribution >= 0.6 is 0 Å². The first-order chi connectivity index (χ1) is 14.3. The molecule has 1 fully saturated rings. The van der Waals surface area contributed by atoms with Gasteiger partial charge in [-0.05, 0) is 72.7 Å². The van der Waals surface area contributed by atoms with Gasteiger partial charge in [0.25, 0.3) is 5.91 Å². The van der Waals surface area contributed by atoms with E-state index in [1.807, 2.05) is 31.3 Å². The molecule has 0 aromatic heterocycles. The van der Waals surface area contributed by atoms with Crippen LogP contribution in [0, 0.1) is 13.8 Å². The molecule has 1 aliphatic rings. The Balaban J connectivity index is 1.76. The van der Waals surface area contributed by atoms with Crippen LogP contribution < -0.4 is 10.6 Å². The highest BCUT2D eigenvalue weighted by Crippen LogP contribution is 2.30. The fourth-order valence-corrected chi connectivity index (χ4v) is 3.80. The van der Waals surface area contributed by atoms with Crippen LogP contribution in [0.4, 0.5) is 10.1 Å². The number of anilines is 1. The second kappa shape index (κ2) is 9.57. The quantitative estimate of drug-likeness (QED) is 0.571. The van der Waals surface area contributed by atoms with Gasteiger partial charge in [0.05, 0.1) is 0 Å². The van der Waals surface area contributed by atoms with Crippen molar-refractivity contribution >= 4 is 23.6 Å². The molecule has 2 aromatic rings. The average molecular weight is 410 g/mol. The third-order valence-electron chi connectivity index (χ3n) is 5.43. The van der Waals surface area contributed by atoms with Crippen LogP contribution in [0.3, 0.4) is 0 Å². The Morgan fingerprint density at radius 3 is 2.40 bits per heavy atom. The number of halogens is 1. The van der Waals surface area contributed by atoms with Gasteiger partial charge < -0.3 is 15.7 Å². The number of hydrogen-bond donors (Lipinski definition) is 3. The predicted molar refractivity (Wildman–Crippen MR) is 117 cm³/mol. The summed E-state index contributed by atoms with van der Waals surface area (Å²) < 4.78 is 14.1. The standard InChI is InChI=1S/C24H27FN2O3/c1-15-12-21(17-7-9-20(10-8-17)27-19-5-3-4-6-19)16(2)11-18(15)13-22(25)24(30)26-14-23(28)29/h7-13,19,27H,3-6,14H2,1-2H3,(H,26,30)(H,28,29)/b22-13-. The smallest absolute Gasteiger partial charge is 0.322 e. The predicted octanol–water partition coefficient (Wildman–Crippen LogP) is 4.84. The Hall–Kier alpha value is -3.15. The summed E-state index contributed by atoms with van der Waals surface area (Å²) in [5, 5.41) is 14.2. The molecule has 6 heteroatoms. The fourth-order valence-electron chi connectivity index (χ4n) is 3.80. The van der Waals surface area contributed by atoms with Crippen molar-refractivity contribution in [3.05, 3.63) is 58.9 Å². The maximum Gasteiger partial charge on any atom is 0.322 e. The van der Waals surface area contributed by atoms with E-state index in [9.17, 15) is 14.0 Å². The van der Waals surface area contributed by atoms with E-state index in [1.165, 1.54) is 25.7 Å². The molecule has 1 saturated carbocycles. The minimum atomic E-state index is -1.23. The maximum absolute atomic E-state index is 14.1. The lowest BCUT2D eigenvalue weighted by molar-refractivity contribution is -0.137. The molecule has 0 spiro atoms. The van der Waals surface area contributed by atoms with Crippen LogP contribution in [0.15, 0.2) is 42.2 Å². The number of benzene rings is 2. The molecule has 1 amide bonds. The minimum Gasteiger partial charge on any atom is -0.480 e. The number of carbonyl (C=O) groups is 2. The van der Waals surface area contributed by atoms with Gasteiger partial charge in [-0.2, -0.15) is 0 Å². The van der Waals surface area contributed by atoms with Crippen molar-refractivity contribution in [1.82, 2.24) is 5.32 Å². The highest BCUT2D eigenvalue weighted by atomic mass is 19.1. The molecule has 30 heavy (non-hydrogen) atoms. The summed E-state index contributed by atoms with van der Waals surface area (Å²) in [5.74, 6) is -3.28. The zero-order chi connectivity index (χ0) is 21.7. The Kier molecular flexibility index (Phi) is 6.87. The SMILES string of the molecule is Cc1cc(-c2ccc(NC3CCCC3)cc2)c(C)cc1/C=C(\F)C(=O)NCC(=O)O. The van der Waals surface area contributed by atoms with Crippen LogP contribution in [-0.2, 0) is 9.59 Å². The topological polar surface area (TPSA) is 78.4 Å². The number of carboxylic acids is 1. The summed E-state index contributed by atoms with van der Waals surface area (Å²) >= 11 is 0. The Labute approximate surface area is 176 Å². The van der Waals surface area contributed by atoms with Gasteiger partial charge in [0.2, 0.25) is 0 Å². The molecular formula is C24H27FN2O3. The van der Waals surface area contributed by atoms with Crippen LogP contribution in [0.25, 0.3) is 17.2 Å². The molecular weight excluding hydrogens is 383 g/mol. The fraction of sp³-hybridized carbons (Fsp3) is 0.333. The number of aliphatic carboxylic acids is 1. The molecule has 0 radical (unpaired) electrons. The zero-order valence-corrected chi connectivity index (χ0v) is 17.3. The van der Waals surface area contributed by atoms with Gasteiger partial charge in [-0.25, -0.2) is 4.39 Å². The molecule has 1 aliphatic carbocycles. The van der Waals surface area contributed by atoms with Crippen LogP contribution in [0.1, 0.15) is 42.4 Å². The number of aryl methyl sites for hydroxylation is 2. The van der Waals surface area contributed by atoms with Gasteiger partial charge in [-0.1, -0.05) is 37.1 Å². The third-order valence-corrected chi connectivity index (χ3v) is 5.43. The number of amides is 1. The summed E-state index contributed by atoms with van der Waals surface area (Å²) in [6.45, 7) is 3.18. The van der Waals surface area contributed by atoms with Crippen molar-refractivity contribution in [3.63, 3.8) is 0 Å². The van der Waals surface area contributed by atoms with Gasteiger partial charge in [0.15, 0.2) is 5.83 Å². The summed E-state index contributed by atoms with van der Waals surface area (Å²) in [6, 6.07) is 12.7. The maximum atomic E-state index is 14.1. The largest absolute Gasteiger partial charge is 0.480 e. The van der Waals surface area contributed by atoms with Gasteiger partial charge in [0, 0.05) is 11.7 Å². The summed E-state index contributed by atoms with van der Waals surface area (Å²) in [7, 11) is 0. The summed E-state index contributed by atoms with van der Waals surface area (Å²) in [6.07, 6.45) is 6.16. The number of rotatable bonds is 7. The van der Waals surface area contributed by atoms with E-state index >= 15 is 0 Å². The molecule has 3 rings (SSSR count). The first-order valence-corrected chi connectivity index (χ1v) is 10.2. The molecule has 0 saturated heterocycles. The van der Waals surface area contributed by atoms with Crippen molar-refractivity contribution in [2.24, 2.45) is 0 Å². The van der Waals surface area contributed by atoms with E-state index in [2.05, 4.69) is 29.6 Å². The highest BCUT2D eigenvalue weighted by Gasteiger charge is 2.15. The number of nitrogens with one attached hydrogen (secondary N) is 2. The van der Waals surface area contributed by atoms with Gasteiger partial charge in [-0.15, -0.1) is 0 Å². The van der Waals surface area contributed by atoms with Crippen molar-refractivity contribution in [1.29, 1.82) is 0 Å². The first-order valence-electron chi connectivity index (χ1n) is 10.2. The Morgan fingerprint density at radius 2 is 1.77 bits per heavy atom. The average Bonchev–Trinajstić information content (AvgIpc) is 3.22. The summed E-state index contributed by atoms with van der Waals surface area (Å²) in [4.78, 5) is 22.2. The first kappa shape index (κ1) is 21.6. The van der Waals surface area contributed by atoms with Crippen molar-refractivity contribution in [2.45, 2.75) is 45.6 Å². The minimum absolute atomic E-state index is 0.563. The van der Waals surface area contributed by atoms with Crippen molar-refractivity contribution in [2.75, 3.05) is 11.9 Å². The molecule has 158 valence electrons. The van der Waals surface area contributed by atoms with E-state index in [0.29, 0.717) is 11.6 Å². The van der Waals surface area contributed by atoms with E-state index in [-0.39, 0.29) is 0 Å². The zero-order valence-electron chi connectivity index (χ0n) is 17.3. The summed E-state index contributed by atoms with van der Waals surface area (Å²) in [5.41, 5.74) is 5.61. The van der Waals surface area contributed by atoms with Crippen molar-refractivity contribution in [3.8, 4) is 11.1 Å². The van der Waals surface area contributed by atoms with E-state index in [4.69, 9.17) is 5.11 Å². The van der Waals surface area contributed by atoms with E-state index in [1.54, 1.807) is 0 Å². The molecule has 0 atom stereocenters. The number of carbonyl (C=O) groups excluding carboxylic acids is 1.